The Kier molecular flexibility index (Phi) is 3.33. The van der Waals surface area contributed by atoms with Gasteiger partial charge in [0.2, 0.25) is 0 Å². The minimum atomic E-state index is -4.42. The van der Waals surface area contributed by atoms with Crippen molar-refractivity contribution in [1.29, 1.82) is 0 Å². The molecule has 2 rings (SSSR count). The summed E-state index contributed by atoms with van der Waals surface area (Å²) in [6, 6.07) is 0.224. The fourth-order valence-electron chi connectivity index (χ4n) is 2.20. The van der Waals surface area contributed by atoms with Gasteiger partial charge in [-0.3, -0.25) is 4.98 Å². The average Bonchev–Trinajstić information content (AvgIpc) is 2.63. The average molecular weight is 245 g/mol. The Morgan fingerprint density at radius 2 is 2.00 bits per heavy atom. The normalized spacial score (nSPS) is 25.2. The lowest BCUT2D eigenvalue weighted by molar-refractivity contribution is -0.141. The Labute approximate surface area is 97.3 Å². The molecule has 0 aromatic carbocycles. The molecule has 0 spiro atoms. The molecule has 94 valence electrons. The zero-order valence-corrected chi connectivity index (χ0v) is 9.24. The molecule has 1 aromatic heterocycles. The second kappa shape index (κ2) is 4.60. The molecule has 0 radical (unpaired) electrons. The number of rotatable bonds is 2. The van der Waals surface area contributed by atoms with E-state index in [0.29, 0.717) is 18.0 Å². The maximum atomic E-state index is 12.3. The van der Waals surface area contributed by atoms with E-state index in [2.05, 4.69) is 9.97 Å². The predicted octanol–water partition coefficient (Wildman–Crippen LogP) is 2.17. The lowest BCUT2D eigenvalue weighted by Gasteiger charge is -2.09. The van der Waals surface area contributed by atoms with Crippen LogP contribution in [-0.4, -0.2) is 16.0 Å². The highest BCUT2D eigenvalue weighted by molar-refractivity contribution is 5.06. The summed E-state index contributed by atoms with van der Waals surface area (Å²) in [5.74, 6) is 0.427. The van der Waals surface area contributed by atoms with E-state index in [9.17, 15) is 13.2 Å². The van der Waals surface area contributed by atoms with Gasteiger partial charge < -0.3 is 5.73 Å². The number of nitrogens with zero attached hydrogens (tertiary/aromatic N) is 2. The number of hydrogen-bond acceptors (Lipinski definition) is 3. The van der Waals surface area contributed by atoms with Crippen LogP contribution in [0.4, 0.5) is 13.2 Å². The van der Waals surface area contributed by atoms with Crippen LogP contribution in [-0.2, 0) is 12.6 Å². The van der Waals surface area contributed by atoms with E-state index in [-0.39, 0.29) is 6.04 Å². The third-order valence-electron chi connectivity index (χ3n) is 3.08. The summed E-state index contributed by atoms with van der Waals surface area (Å²) < 4.78 is 36.8. The van der Waals surface area contributed by atoms with E-state index in [4.69, 9.17) is 5.73 Å². The Hall–Kier alpha value is -1.17. The molecule has 6 heteroatoms. The van der Waals surface area contributed by atoms with Gasteiger partial charge in [0, 0.05) is 12.2 Å². The summed E-state index contributed by atoms with van der Waals surface area (Å²) in [6.07, 6.45) is 1.18. The first-order valence-corrected chi connectivity index (χ1v) is 5.59. The van der Waals surface area contributed by atoms with Gasteiger partial charge in [-0.05, 0) is 31.6 Å². The number of alkyl halides is 3. The van der Waals surface area contributed by atoms with E-state index in [1.54, 1.807) is 0 Å². The van der Waals surface area contributed by atoms with Crippen LogP contribution < -0.4 is 5.73 Å². The summed E-state index contributed by atoms with van der Waals surface area (Å²) in [4.78, 5) is 7.20. The Bertz CT molecular complexity index is 375. The van der Waals surface area contributed by atoms with Crippen LogP contribution in [0.2, 0.25) is 0 Å². The van der Waals surface area contributed by atoms with Crippen LogP contribution in [0.15, 0.2) is 12.4 Å². The summed E-state index contributed by atoms with van der Waals surface area (Å²) in [5.41, 5.74) is 5.44. The number of nitrogens with two attached hydrogens (primary N) is 1. The van der Waals surface area contributed by atoms with Crippen molar-refractivity contribution in [3.63, 3.8) is 0 Å². The predicted molar refractivity (Wildman–Crippen MR) is 56.1 cm³/mol. The number of hydrogen-bond donors (Lipinski definition) is 1. The van der Waals surface area contributed by atoms with E-state index < -0.39 is 11.9 Å². The molecule has 1 saturated carbocycles. The van der Waals surface area contributed by atoms with Gasteiger partial charge in [0.05, 0.1) is 11.9 Å². The summed E-state index contributed by atoms with van der Waals surface area (Å²) >= 11 is 0. The molecule has 1 aliphatic carbocycles. The standard InChI is InChI=1S/C11H14F3N3/c12-11(13,14)10-6-16-9(5-17-10)4-7-1-2-8(15)3-7/h5-8H,1-4,15H2/t7-,8+/m0/s1. The molecule has 0 amide bonds. The second-order valence-electron chi connectivity index (χ2n) is 4.53. The smallest absolute Gasteiger partial charge is 0.328 e. The first-order valence-electron chi connectivity index (χ1n) is 5.59. The van der Waals surface area contributed by atoms with Gasteiger partial charge in [-0.15, -0.1) is 0 Å². The van der Waals surface area contributed by atoms with Gasteiger partial charge in [0.1, 0.15) is 0 Å². The van der Waals surface area contributed by atoms with Gasteiger partial charge in [-0.25, -0.2) is 4.98 Å². The minimum absolute atomic E-state index is 0.224. The fourth-order valence-corrected chi connectivity index (χ4v) is 2.20. The Morgan fingerprint density at radius 3 is 2.47 bits per heavy atom. The van der Waals surface area contributed by atoms with Gasteiger partial charge in [0.25, 0.3) is 0 Å². The lowest BCUT2D eigenvalue weighted by atomic mass is 10.0. The SMILES string of the molecule is N[C@@H]1CC[C@H](Cc2cnc(C(F)(F)F)cn2)C1. The number of halogens is 3. The van der Waals surface area contributed by atoms with E-state index >= 15 is 0 Å². The quantitative estimate of drug-likeness (QED) is 0.868. The van der Waals surface area contributed by atoms with Gasteiger partial charge in [-0.2, -0.15) is 13.2 Å². The molecule has 0 saturated heterocycles. The first-order chi connectivity index (χ1) is 7.95. The van der Waals surface area contributed by atoms with Crippen molar-refractivity contribution in [3.8, 4) is 0 Å². The highest BCUT2D eigenvalue weighted by atomic mass is 19.4. The van der Waals surface area contributed by atoms with Crippen molar-refractivity contribution in [2.75, 3.05) is 0 Å². The Balaban J connectivity index is 1.99. The molecule has 0 unspecified atom stereocenters. The number of aromatic nitrogens is 2. The van der Waals surface area contributed by atoms with E-state index in [1.165, 1.54) is 6.20 Å². The van der Waals surface area contributed by atoms with Crippen LogP contribution in [0, 0.1) is 5.92 Å². The lowest BCUT2D eigenvalue weighted by Crippen LogP contribution is -2.15. The molecule has 1 aromatic rings. The van der Waals surface area contributed by atoms with Crippen LogP contribution in [0.25, 0.3) is 0 Å². The van der Waals surface area contributed by atoms with Gasteiger partial charge in [-0.1, -0.05) is 0 Å². The van der Waals surface area contributed by atoms with Crippen LogP contribution >= 0.6 is 0 Å². The summed E-state index contributed by atoms with van der Waals surface area (Å²) in [6.45, 7) is 0. The maximum absolute atomic E-state index is 12.3. The van der Waals surface area contributed by atoms with Crippen molar-refractivity contribution >= 4 is 0 Å². The van der Waals surface area contributed by atoms with Crippen molar-refractivity contribution < 1.29 is 13.2 Å². The topological polar surface area (TPSA) is 51.8 Å². The third kappa shape index (κ3) is 3.15. The molecule has 0 bridgehead atoms. The molecule has 1 aliphatic rings. The molecule has 3 nitrogen and oxygen atoms in total. The third-order valence-corrected chi connectivity index (χ3v) is 3.08. The molecular formula is C11H14F3N3. The molecule has 2 N–H and O–H groups in total. The van der Waals surface area contributed by atoms with E-state index in [1.807, 2.05) is 0 Å². The Morgan fingerprint density at radius 1 is 1.24 bits per heavy atom. The van der Waals surface area contributed by atoms with Crippen LogP contribution in [0.1, 0.15) is 30.7 Å². The second-order valence-corrected chi connectivity index (χ2v) is 4.53. The first kappa shape index (κ1) is 12.3. The highest BCUT2D eigenvalue weighted by Gasteiger charge is 2.32. The molecule has 1 heterocycles. The van der Waals surface area contributed by atoms with Crippen LogP contribution in [0.5, 0.6) is 0 Å². The van der Waals surface area contributed by atoms with Crippen molar-refractivity contribution in [2.24, 2.45) is 11.7 Å². The zero-order chi connectivity index (χ0) is 12.5. The maximum Gasteiger partial charge on any atom is 0.434 e. The van der Waals surface area contributed by atoms with Crippen LogP contribution in [0.3, 0.4) is 0 Å². The van der Waals surface area contributed by atoms with Crippen molar-refractivity contribution in [1.82, 2.24) is 9.97 Å². The van der Waals surface area contributed by atoms with Gasteiger partial charge in [0.15, 0.2) is 5.69 Å². The molecule has 0 aliphatic heterocycles. The monoisotopic (exact) mass is 245 g/mol. The highest BCUT2D eigenvalue weighted by Crippen LogP contribution is 2.28. The van der Waals surface area contributed by atoms with E-state index in [0.717, 1.165) is 25.5 Å². The molecule has 2 atom stereocenters. The summed E-state index contributed by atoms with van der Waals surface area (Å²) in [7, 11) is 0. The van der Waals surface area contributed by atoms with Crippen molar-refractivity contribution in [2.45, 2.75) is 37.9 Å². The molecule has 17 heavy (non-hydrogen) atoms. The molecular weight excluding hydrogens is 231 g/mol. The van der Waals surface area contributed by atoms with Crippen molar-refractivity contribution in [3.05, 3.63) is 23.8 Å². The molecule has 1 fully saturated rings. The van der Waals surface area contributed by atoms with Gasteiger partial charge >= 0.3 is 6.18 Å². The summed E-state index contributed by atoms with van der Waals surface area (Å²) in [5, 5.41) is 0. The largest absolute Gasteiger partial charge is 0.434 e. The zero-order valence-electron chi connectivity index (χ0n) is 9.24. The minimum Gasteiger partial charge on any atom is -0.328 e. The fraction of sp³-hybridized carbons (Fsp3) is 0.636.